The van der Waals surface area contributed by atoms with Gasteiger partial charge in [-0.3, -0.25) is 0 Å². The van der Waals surface area contributed by atoms with Crippen molar-refractivity contribution < 1.29 is 14.2 Å². The van der Waals surface area contributed by atoms with Crippen LogP contribution in [0.3, 0.4) is 0 Å². The standard InChI is InChI=1S/C15H14FNO2/c1-9(2)13-6-12(18)5-10-3-4-11(7-17)15(14(10)13)19-8-16/h3-6,9,18H,8H2,1-2H3. The van der Waals surface area contributed by atoms with Gasteiger partial charge in [0.25, 0.3) is 0 Å². The number of nitrogens with zero attached hydrogens (tertiary/aromatic N) is 1. The minimum atomic E-state index is -0.994. The van der Waals surface area contributed by atoms with E-state index in [1.807, 2.05) is 19.9 Å². The molecule has 2 rings (SSSR count). The van der Waals surface area contributed by atoms with Crippen LogP contribution < -0.4 is 4.74 Å². The Morgan fingerprint density at radius 1 is 1.37 bits per heavy atom. The second kappa shape index (κ2) is 5.15. The molecule has 98 valence electrons. The van der Waals surface area contributed by atoms with E-state index in [0.717, 1.165) is 10.9 Å². The predicted molar refractivity (Wildman–Crippen MR) is 71.0 cm³/mol. The van der Waals surface area contributed by atoms with Gasteiger partial charge in [-0.25, -0.2) is 4.39 Å². The summed E-state index contributed by atoms with van der Waals surface area (Å²) >= 11 is 0. The number of phenols is 1. The van der Waals surface area contributed by atoms with Crippen LogP contribution >= 0.6 is 0 Å². The van der Waals surface area contributed by atoms with Crippen molar-refractivity contribution >= 4 is 10.8 Å². The van der Waals surface area contributed by atoms with Crippen LogP contribution in [0.4, 0.5) is 4.39 Å². The molecular weight excluding hydrogens is 245 g/mol. The number of fused-ring (bicyclic) bond motifs is 1. The maximum atomic E-state index is 12.6. The quantitative estimate of drug-likeness (QED) is 0.910. The summed E-state index contributed by atoms with van der Waals surface area (Å²) in [6, 6.07) is 8.49. The van der Waals surface area contributed by atoms with Crippen molar-refractivity contribution in [2.24, 2.45) is 0 Å². The fraction of sp³-hybridized carbons (Fsp3) is 0.267. The Morgan fingerprint density at radius 2 is 2.11 bits per heavy atom. The Bertz CT molecular complexity index is 659. The van der Waals surface area contributed by atoms with Crippen molar-refractivity contribution in [3.05, 3.63) is 35.4 Å². The Kier molecular flexibility index (Phi) is 3.57. The zero-order valence-corrected chi connectivity index (χ0v) is 10.8. The normalized spacial score (nSPS) is 10.7. The summed E-state index contributed by atoms with van der Waals surface area (Å²) < 4.78 is 17.6. The number of ether oxygens (including phenoxy) is 1. The maximum Gasteiger partial charge on any atom is 0.228 e. The number of hydrogen-bond acceptors (Lipinski definition) is 3. The van der Waals surface area contributed by atoms with Crippen LogP contribution in [0, 0.1) is 11.3 Å². The Balaban J connectivity index is 2.89. The average molecular weight is 259 g/mol. The third-order valence-corrected chi connectivity index (χ3v) is 3.03. The number of hydrogen-bond donors (Lipinski definition) is 1. The van der Waals surface area contributed by atoms with E-state index < -0.39 is 6.86 Å². The highest BCUT2D eigenvalue weighted by Crippen LogP contribution is 2.38. The van der Waals surface area contributed by atoms with E-state index in [2.05, 4.69) is 0 Å². The SMILES string of the molecule is CC(C)c1cc(O)cc2ccc(C#N)c(OCF)c12. The molecule has 0 spiro atoms. The summed E-state index contributed by atoms with van der Waals surface area (Å²) in [5.41, 5.74) is 1.12. The molecule has 4 heteroatoms. The number of phenolic OH excluding ortho intramolecular Hbond substituents is 1. The molecule has 19 heavy (non-hydrogen) atoms. The van der Waals surface area contributed by atoms with Crippen LogP contribution in [0.25, 0.3) is 10.8 Å². The van der Waals surface area contributed by atoms with Crippen molar-refractivity contribution in [2.75, 3.05) is 6.86 Å². The first kappa shape index (κ1) is 13.2. The first-order valence-corrected chi connectivity index (χ1v) is 5.97. The lowest BCUT2D eigenvalue weighted by Crippen LogP contribution is -1.98. The second-order valence-corrected chi connectivity index (χ2v) is 4.60. The van der Waals surface area contributed by atoms with Crippen molar-refractivity contribution in [3.63, 3.8) is 0 Å². The van der Waals surface area contributed by atoms with E-state index in [4.69, 9.17) is 10.00 Å². The van der Waals surface area contributed by atoms with Gasteiger partial charge in [0.15, 0.2) is 0 Å². The summed E-state index contributed by atoms with van der Waals surface area (Å²) in [4.78, 5) is 0. The third-order valence-electron chi connectivity index (χ3n) is 3.03. The van der Waals surface area contributed by atoms with Gasteiger partial charge in [0, 0.05) is 5.39 Å². The van der Waals surface area contributed by atoms with Crippen molar-refractivity contribution in [1.29, 1.82) is 5.26 Å². The van der Waals surface area contributed by atoms with E-state index in [1.165, 1.54) is 0 Å². The number of aromatic hydroxyl groups is 1. The highest BCUT2D eigenvalue weighted by Gasteiger charge is 2.16. The van der Waals surface area contributed by atoms with Gasteiger partial charge in [0.2, 0.25) is 6.86 Å². The lowest BCUT2D eigenvalue weighted by Gasteiger charge is -2.15. The molecule has 0 heterocycles. The van der Waals surface area contributed by atoms with Crippen molar-refractivity contribution in [1.82, 2.24) is 0 Å². The predicted octanol–water partition coefficient (Wildman–Crippen LogP) is 3.85. The van der Waals surface area contributed by atoms with Gasteiger partial charge in [0.1, 0.15) is 17.6 Å². The largest absolute Gasteiger partial charge is 0.508 e. The van der Waals surface area contributed by atoms with Gasteiger partial charge in [-0.15, -0.1) is 0 Å². The molecule has 0 aliphatic rings. The van der Waals surface area contributed by atoms with Crippen molar-refractivity contribution in [2.45, 2.75) is 19.8 Å². The Morgan fingerprint density at radius 3 is 2.68 bits per heavy atom. The van der Waals surface area contributed by atoms with Crippen LogP contribution in [0.5, 0.6) is 11.5 Å². The second-order valence-electron chi connectivity index (χ2n) is 4.60. The molecule has 0 unspecified atom stereocenters. The Hall–Kier alpha value is -2.28. The molecule has 3 nitrogen and oxygen atoms in total. The van der Waals surface area contributed by atoms with Crippen LogP contribution in [0.2, 0.25) is 0 Å². The summed E-state index contributed by atoms with van der Waals surface area (Å²) in [6.07, 6.45) is 0. The maximum absolute atomic E-state index is 12.6. The summed E-state index contributed by atoms with van der Waals surface area (Å²) in [6.45, 7) is 2.94. The van der Waals surface area contributed by atoms with Crippen LogP contribution in [0.1, 0.15) is 30.9 Å². The van der Waals surface area contributed by atoms with Crippen LogP contribution in [-0.4, -0.2) is 12.0 Å². The minimum Gasteiger partial charge on any atom is -0.508 e. The fourth-order valence-corrected chi connectivity index (χ4v) is 2.20. The molecule has 0 saturated heterocycles. The summed E-state index contributed by atoms with van der Waals surface area (Å²) in [5, 5.41) is 20.2. The molecule has 0 bridgehead atoms. The molecule has 0 aliphatic carbocycles. The van der Waals surface area contributed by atoms with Crippen LogP contribution in [0.15, 0.2) is 24.3 Å². The van der Waals surface area contributed by atoms with Crippen molar-refractivity contribution in [3.8, 4) is 17.6 Å². The minimum absolute atomic E-state index is 0.116. The molecule has 0 aromatic heterocycles. The number of benzene rings is 2. The highest BCUT2D eigenvalue weighted by molar-refractivity contribution is 5.94. The first-order chi connectivity index (χ1) is 9.08. The number of alkyl halides is 1. The fourth-order valence-electron chi connectivity index (χ4n) is 2.20. The molecule has 0 aliphatic heterocycles. The Labute approximate surface area is 110 Å². The molecule has 2 aromatic carbocycles. The van der Waals surface area contributed by atoms with Gasteiger partial charge in [-0.2, -0.15) is 5.26 Å². The number of halogens is 1. The molecule has 0 saturated carbocycles. The van der Waals surface area contributed by atoms with E-state index in [1.54, 1.807) is 24.3 Å². The molecule has 0 fully saturated rings. The third kappa shape index (κ3) is 2.32. The van der Waals surface area contributed by atoms with Gasteiger partial charge in [-0.1, -0.05) is 19.9 Å². The van der Waals surface area contributed by atoms with Crippen LogP contribution in [-0.2, 0) is 0 Å². The lowest BCUT2D eigenvalue weighted by molar-refractivity contribution is 0.193. The monoisotopic (exact) mass is 259 g/mol. The molecular formula is C15H14FNO2. The van der Waals surface area contributed by atoms with E-state index in [9.17, 15) is 9.50 Å². The van der Waals surface area contributed by atoms with E-state index in [-0.39, 0.29) is 23.0 Å². The van der Waals surface area contributed by atoms with Gasteiger partial charge in [0.05, 0.1) is 5.56 Å². The number of rotatable bonds is 3. The topological polar surface area (TPSA) is 53.2 Å². The first-order valence-electron chi connectivity index (χ1n) is 5.97. The average Bonchev–Trinajstić information content (AvgIpc) is 2.38. The summed E-state index contributed by atoms with van der Waals surface area (Å²) in [7, 11) is 0. The molecule has 2 aromatic rings. The zero-order valence-electron chi connectivity index (χ0n) is 10.8. The smallest absolute Gasteiger partial charge is 0.228 e. The lowest BCUT2D eigenvalue weighted by atomic mass is 9.93. The zero-order chi connectivity index (χ0) is 14.0. The molecule has 0 atom stereocenters. The summed E-state index contributed by atoms with van der Waals surface area (Å²) in [5.74, 6) is 0.504. The van der Waals surface area contributed by atoms with Gasteiger partial charge in [-0.05, 0) is 35.1 Å². The van der Waals surface area contributed by atoms with E-state index >= 15 is 0 Å². The molecule has 0 amide bonds. The highest BCUT2D eigenvalue weighted by atomic mass is 19.1. The van der Waals surface area contributed by atoms with E-state index in [0.29, 0.717) is 5.39 Å². The van der Waals surface area contributed by atoms with Gasteiger partial charge >= 0.3 is 0 Å². The molecule has 0 radical (unpaired) electrons. The number of nitriles is 1. The molecule has 1 N–H and O–H groups in total. The van der Waals surface area contributed by atoms with Gasteiger partial charge < -0.3 is 9.84 Å².